The first kappa shape index (κ1) is 56.5. The van der Waals surface area contributed by atoms with Crippen LogP contribution < -0.4 is 21.3 Å². The Morgan fingerprint density at radius 2 is 0.989 bits per heavy atom. The number of carbonyl (C=O) groups excluding carboxylic acids is 4. The minimum atomic E-state index is -0.779. The molecule has 13 nitrogen and oxygen atoms in total. The van der Waals surface area contributed by atoms with Gasteiger partial charge in [-0.1, -0.05) is 115 Å². The van der Waals surface area contributed by atoms with Gasteiger partial charge in [0, 0.05) is 80.5 Å². The molecular formula is C77H71N7O6. The van der Waals surface area contributed by atoms with Gasteiger partial charge >= 0.3 is 6.09 Å². The van der Waals surface area contributed by atoms with Crippen molar-refractivity contribution in [2.75, 3.05) is 7.11 Å². The van der Waals surface area contributed by atoms with Crippen molar-refractivity contribution in [1.29, 1.82) is 0 Å². The fourth-order valence-corrected chi connectivity index (χ4v) is 14.7. The summed E-state index contributed by atoms with van der Waals surface area (Å²) in [7, 11) is 1.67. The van der Waals surface area contributed by atoms with Gasteiger partial charge in [-0.3, -0.25) is 14.4 Å². The third-order valence-corrected chi connectivity index (χ3v) is 19.4. The Balaban J connectivity index is 0.769. The molecule has 0 bridgehead atoms. The van der Waals surface area contributed by atoms with E-state index in [1.165, 1.54) is 0 Å². The first-order valence-corrected chi connectivity index (χ1v) is 31.2. The van der Waals surface area contributed by atoms with E-state index in [0.29, 0.717) is 36.1 Å². The highest BCUT2D eigenvalue weighted by Gasteiger charge is 2.60. The van der Waals surface area contributed by atoms with Gasteiger partial charge in [-0.25, -0.2) is 4.79 Å². The van der Waals surface area contributed by atoms with Gasteiger partial charge in [0.1, 0.15) is 5.60 Å². The maximum Gasteiger partial charge on any atom is 0.407 e. The fourth-order valence-electron chi connectivity index (χ4n) is 14.7. The molecule has 3 aromatic heterocycles. The lowest BCUT2D eigenvalue weighted by Gasteiger charge is -2.25. The van der Waals surface area contributed by atoms with Crippen LogP contribution in [0, 0.1) is 20.8 Å². The fraction of sp³-hybridized carbons (Fsp3) is 0.247. The van der Waals surface area contributed by atoms with E-state index in [2.05, 4.69) is 164 Å². The summed E-state index contributed by atoms with van der Waals surface area (Å²) in [5.74, 6) is -0.541. The molecule has 3 fully saturated rings. The molecule has 0 saturated heterocycles. The lowest BCUT2D eigenvalue weighted by atomic mass is 9.89. The van der Waals surface area contributed by atoms with Crippen LogP contribution in [0.2, 0.25) is 0 Å². The number of aromatic nitrogens is 3. The van der Waals surface area contributed by atoms with Crippen LogP contribution in [0.4, 0.5) is 4.79 Å². The summed E-state index contributed by atoms with van der Waals surface area (Å²) >= 11 is 0. The largest absolute Gasteiger partial charge is 0.444 e. The molecule has 4 amide bonds. The number of rotatable bonds is 15. The molecule has 450 valence electrons. The van der Waals surface area contributed by atoms with Gasteiger partial charge < -0.3 is 45.7 Å². The molecule has 4 unspecified atom stereocenters. The SMILES string of the molecule is COCc1cc2cc(C)c(C(=O)NC3(c4cccc5cc(C6CC6(NC(=O)c6cc7[nH]c(CNC(=O)OC(C)(C)C)cc7cc6C)c6cccc7ccccc67)ccc45)CC3c3ccc4c(C5(NC(=O)c6cc7[nH]ccc7cc6C)CC5)cccc4c3)cc2[nH]1. The third-order valence-electron chi connectivity index (χ3n) is 19.4. The molecule has 12 aromatic rings. The van der Waals surface area contributed by atoms with Crippen molar-refractivity contribution < 1.29 is 28.7 Å². The second-order valence-corrected chi connectivity index (χ2v) is 26.6. The molecule has 3 aliphatic carbocycles. The monoisotopic (exact) mass is 1190 g/mol. The summed E-state index contributed by atoms with van der Waals surface area (Å²) in [5.41, 5.74) is 11.6. The Morgan fingerprint density at radius 3 is 1.57 bits per heavy atom. The Bertz CT molecular complexity index is 4980. The van der Waals surface area contributed by atoms with Gasteiger partial charge in [-0.15, -0.1) is 0 Å². The molecule has 3 saturated carbocycles. The van der Waals surface area contributed by atoms with Crippen LogP contribution in [-0.2, 0) is 39.2 Å². The average molecular weight is 1190 g/mol. The van der Waals surface area contributed by atoms with Gasteiger partial charge in [0.25, 0.3) is 17.7 Å². The van der Waals surface area contributed by atoms with Crippen LogP contribution in [0.3, 0.4) is 0 Å². The molecule has 0 radical (unpaired) electrons. The standard InChI is InChI=1S/C77H71N7O6/c1-43-29-51-25-28-78-67(51)36-59(43)70(85)82-75(26-27-75)62-18-11-15-47-32-49(21-23-57(47)62)66-40-77(66,84-72(87)61-38-69-53(31-45(61)3)35-55(81-69)42-89-7)64-20-12-16-48-33-50(22-24-58(48)64)65-39-76(65,63-19-10-14-46-13-8-9-17-56(46)63)83-71(86)60-37-68-52(30-44(60)2)34-54(80-68)41-79-73(88)90-74(4,5)6/h8-25,28-38,65-66,78,80-81H,26-27,39-42H2,1-7H3,(H,79,88)(H,82,85)(H,83,86)(H,84,87). The molecule has 13 heteroatoms. The van der Waals surface area contributed by atoms with Gasteiger partial charge in [0.05, 0.1) is 29.8 Å². The molecule has 90 heavy (non-hydrogen) atoms. The second kappa shape index (κ2) is 21.1. The Hall–Kier alpha value is -9.98. The number of aryl methyl sites for hydroxylation is 3. The van der Waals surface area contributed by atoms with E-state index in [0.717, 1.165) is 134 Å². The number of hydrogen-bond acceptors (Lipinski definition) is 6. The molecule has 3 aliphatic rings. The lowest BCUT2D eigenvalue weighted by Crippen LogP contribution is -2.37. The summed E-state index contributed by atoms with van der Waals surface area (Å²) in [6, 6.07) is 59.1. The summed E-state index contributed by atoms with van der Waals surface area (Å²) in [5, 5.41) is 23.1. The highest BCUT2D eigenvalue weighted by Crippen LogP contribution is 2.63. The molecule has 7 N–H and O–H groups in total. The van der Waals surface area contributed by atoms with Crippen LogP contribution in [0.1, 0.15) is 145 Å². The summed E-state index contributed by atoms with van der Waals surface area (Å²) in [6.07, 6.45) is 4.45. The van der Waals surface area contributed by atoms with Gasteiger partial charge in [0.2, 0.25) is 0 Å². The maximum atomic E-state index is 15.2. The van der Waals surface area contributed by atoms with E-state index in [9.17, 15) is 9.59 Å². The average Bonchev–Trinajstić information content (AvgIpc) is 1.55. The summed E-state index contributed by atoms with van der Waals surface area (Å²) < 4.78 is 10.9. The number of H-pyrrole nitrogens is 3. The van der Waals surface area contributed by atoms with Crippen molar-refractivity contribution in [1.82, 2.24) is 36.2 Å². The number of fused-ring (bicyclic) bond motifs is 6. The zero-order chi connectivity index (χ0) is 62.0. The van der Waals surface area contributed by atoms with Crippen LogP contribution >= 0.6 is 0 Å². The molecular weight excluding hydrogens is 1120 g/mol. The number of hydrogen-bond donors (Lipinski definition) is 7. The lowest BCUT2D eigenvalue weighted by molar-refractivity contribution is 0.0522. The zero-order valence-corrected chi connectivity index (χ0v) is 51.6. The van der Waals surface area contributed by atoms with Crippen molar-refractivity contribution >= 4 is 88.8 Å². The van der Waals surface area contributed by atoms with Gasteiger partial charge in [-0.2, -0.15) is 0 Å². The van der Waals surface area contributed by atoms with Crippen molar-refractivity contribution in [3.63, 3.8) is 0 Å². The number of aromatic amines is 3. The highest BCUT2D eigenvalue weighted by atomic mass is 16.6. The molecule has 0 spiro atoms. The predicted octanol–water partition coefficient (Wildman–Crippen LogP) is 15.7. The topological polar surface area (TPSA) is 182 Å². The third kappa shape index (κ3) is 9.92. The molecule has 9 aromatic carbocycles. The first-order chi connectivity index (χ1) is 43.4. The quantitative estimate of drug-likeness (QED) is 0.0536. The number of nitrogens with one attached hydrogen (secondary N) is 7. The van der Waals surface area contributed by atoms with Crippen LogP contribution in [0.5, 0.6) is 0 Å². The number of ether oxygens (including phenoxy) is 2. The normalized spacial score (nSPS) is 19.1. The van der Waals surface area contributed by atoms with Crippen molar-refractivity contribution in [2.45, 2.75) is 114 Å². The van der Waals surface area contributed by atoms with Gasteiger partial charge in [0.15, 0.2) is 0 Å². The predicted molar refractivity (Wildman–Crippen MR) is 356 cm³/mol. The van der Waals surface area contributed by atoms with E-state index in [4.69, 9.17) is 9.47 Å². The number of methoxy groups -OCH3 is 1. The number of carbonyl (C=O) groups is 4. The number of amides is 4. The number of benzene rings is 9. The van der Waals surface area contributed by atoms with Crippen LogP contribution in [-0.4, -0.2) is 51.5 Å². The highest BCUT2D eigenvalue weighted by molar-refractivity contribution is 6.04. The van der Waals surface area contributed by atoms with Crippen LogP contribution in [0.15, 0.2) is 176 Å². The van der Waals surface area contributed by atoms with E-state index >= 15 is 9.59 Å². The Labute approximate surface area is 521 Å². The zero-order valence-electron chi connectivity index (χ0n) is 51.6. The van der Waals surface area contributed by atoms with E-state index < -0.39 is 28.3 Å². The minimum Gasteiger partial charge on any atom is -0.444 e. The van der Waals surface area contributed by atoms with Crippen molar-refractivity contribution in [2.24, 2.45) is 0 Å². The molecule has 0 aliphatic heterocycles. The van der Waals surface area contributed by atoms with E-state index in [1.54, 1.807) is 7.11 Å². The summed E-state index contributed by atoms with van der Waals surface area (Å²) in [4.78, 5) is 67.0. The molecule has 4 atom stereocenters. The van der Waals surface area contributed by atoms with Gasteiger partial charge in [-0.05, 0) is 204 Å². The number of alkyl carbamates (subject to hydrolysis) is 1. The first-order valence-electron chi connectivity index (χ1n) is 31.2. The second-order valence-electron chi connectivity index (χ2n) is 26.6. The van der Waals surface area contributed by atoms with Crippen molar-refractivity contribution in [3.8, 4) is 0 Å². The molecule has 3 heterocycles. The van der Waals surface area contributed by atoms with Crippen molar-refractivity contribution in [3.05, 3.63) is 249 Å². The molecule has 15 rings (SSSR count). The van der Waals surface area contributed by atoms with E-state index in [1.807, 2.05) is 90.2 Å². The minimum absolute atomic E-state index is 0.0680. The smallest absolute Gasteiger partial charge is 0.407 e. The Kier molecular flexibility index (Phi) is 13.2. The van der Waals surface area contributed by atoms with E-state index in [-0.39, 0.29) is 36.1 Å². The summed E-state index contributed by atoms with van der Waals surface area (Å²) in [6.45, 7) is 12.1. The Morgan fingerprint density at radius 1 is 0.500 bits per heavy atom. The maximum absolute atomic E-state index is 15.2. The van der Waals surface area contributed by atoms with Crippen LogP contribution in [0.25, 0.3) is 65.0 Å².